The molecule has 0 aliphatic heterocycles. The van der Waals surface area contributed by atoms with Gasteiger partial charge in [0.1, 0.15) is 11.3 Å². The quantitative estimate of drug-likeness (QED) is 0.869. The van der Waals surface area contributed by atoms with E-state index in [1.165, 1.54) is 0 Å². The molecule has 0 bridgehead atoms. The van der Waals surface area contributed by atoms with E-state index >= 15 is 0 Å². The molecule has 0 aliphatic rings. The van der Waals surface area contributed by atoms with Crippen molar-refractivity contribution in [2.75, 3.05) is 6.61 Å². The van der Waals surface area contributed by atoms with Crippen molar-refractivity contribution in [3.05, 3.63) is 36.1 Å². The summed E-state index contributed by atoms with van der Waals surface area (Å²) in [5, 5.41) is 12.9. The lowest BCUT2D eigenvalue weighted by atomic mass is 10.1. The number of furan rings is 1. The van der Waals surface area contributed by atoms with Crippen LogP contribution in [0.2, 0.25) is 0 Å². The molecule has 2 atom stereocenters. The van der Waals surface area contributed by atoms with Crippen molar-refractivity contribution in [1.82, 2.24) is 5.32 Å². The normalized spacial score (nSPS) is 14.3. The van der Waals surface area contributed by atoms with Crippen LogP contribution in [0.5, 0.6) is 0 Å². The number of aliphatic hydroxyl groups excluding tert-OH is 1. The van der Waals surface area contributed by atoms with Crippen LogP contribution in [-0.2, 0) is 4.79 Å². The number of aliphatic hydroxyl groups is 1. The molecule has 0 fully saturated rings. The molecule has 0 saturated carbocycles. The van der Waals surface area contributed by atoms with Crippen molar-refractivity contribution in [3.63, 3.8) is 0 Å². The van der Waals surface area contributed by atoms with Gasteiger partial charge < -0.3 is 14.8 Å². The maximum Gasteiger partial charge on any atom is 0.230 e. The van der Waals surface area contributed by atoms with Crippen LogP contribution in [0.15, 0.2) is 34.7 Å². The van der Waals surface area contributed by atoms with E-state index in [-0.39, 0.29) is 24.5 Å². The Morgan fingerprint density at radius 2 is 2.16 bits per heavy atom. The SMILES string of the molecule is CCC(CO)NC(=O)C(C)c1cc2ccccc2o1. The van der Waals surface area contributed by atoms with Crippen molar-refractivity contribution in [3.8, 4) is 0 Å². The Morgan fingerprint density at radius 3 is 2.79 bits per heavy atom. The minimum absolute atomic E-state index is 0.0465. The third kappa shape index (κ3) is 2.96. The number of para-hydroxylation sites is 1. The van der Waals surface area contributed by atoms with Gasteiger partial charge in [0.05, 0.1) is 18.6 Å². The molecular weight excluding hydrogens is 242 g/mol. The van der Waals surface area contributed by atoms with Crippen molar-refractivity contribution in [2.45, 2.75) is 32.2 Å². The van der Waals surface area contributed by atoms with Crippen LogP contribution in [0.3, 0.4) is 0 Å². The van der Waals surface area contributed by atoms with Crippen LogP contribution in [-0.4, -0.2) is 23.7 Å². The van der Waals surface area contributed by atoms with Gasteiger partial charge in [-0.15, -0.1) is 0 Å². The summed E-state index contributed by atoms with van der Waals surface area (Å²) < 4.78 is 5.68. The lowest BCUT2D eigenvalue weighted by molar-refractivity contribution is -0.123. The van der Waals surface area contributed by atoms with E-state index in [0.717, 1.165) is 11.0 Å². The Hall–Kier alpha value is -1.81. The van der Waals surface area contributed by atoms with E-state index in [1.54, 1.807) is 6.92 Å². The topological polar surface area (TPSA) is 62.5 Å². The highest BCUT2D eigenvalue weighted by Crippen LogP contribution is 2.25. The smallest absolute Gasteiger partial charge is 0.230 e. The van der Waals surface area contributed by atoms with Crippen LogP contribution < -0.4 is 5.32 Å². The molecule has 2 aromatic rings. The second-order valence-electron chi connectivity index (χ2n) is 4.70. The van der Waals surface area contributed by atoms with E-state index in [9.17, 15) is 4.79 Å². The fraction of sp³-hybridized carbons (Fsp3) is 0.400. The summed E-state index contributed by atoms with van der Waals surface area (Å²) in [5.41, 5.74) is 0.784. The minimum atomic E-state index is -0.368. The lowest BCUT2D eigenvalue weighted by Gasteiger charge is -2.16. The highest BCUT2D eigenvalue weighted by Gasteiger charge is 2.21. The Kier molecular flexibility index (Phi) is 4.22. The standard InChI is InChI=1S/C15H19NO3/c1-3-12(9-17)16-15(18)10(2)14-8-11-6-4-5-7-13(11)19-14/h4-8,10,12,17H,3,9H2,1-2H3,(H,16,18). The number of fused-ring (bicyclic) bond motifs is 1. The van der Waals surface area contributed by atoms with E-state index in [4.69, 9.17) is 9.52 Å². The fourth-order valence-corrected chi connectivity index (χ4v) is 1.95. The second-order valence-corrected chi connectivity index (χ2v) is 4.70. The summed E-state index contributed by atoms with van der Waals surface area (Å²) >= 11 is 0. The van der Waals surface area contributed by atoms with Crippen LogP contribution in [0, 0.1) is 0 Å². The molecule has 4 heteroatoms. The zero-order valence-electron chi connectivity index (χ0n) is 11.2. The summed E-state index contributed by atoms with van der Waals surface area (Å²) in [5.74, 6) is 0.152. The highest BCUT2D eigenvalue weighted by molar-refractivity contribution is 5.85. The first-order valence-corrected chi connectivity index (χ1v) is 6.55. The number of hydrogen-bond donors (Lipinski definition) is 2. The molecular formula is C15H19NO3. The predicted octanol–water partition coefficient (Wildman–Crippen LogP) is 2.42. The van der Waals surface area contributed by atoms with E-state index in [2.05, 4.69) is 5.32 Å². The zero-order valence-corrected chi connectivity index (χ0v) is 11.2. The Morgan fingerprint density at radius 1 is 1.42 bits per heavy atom. The molecule has 102 valence electrons. The molecule has 0 spiro atoms. The summed E-state index contributed by atoms with van der Waals surface area (Å²) in [4.78, 5) is 12.1. The Balaban J connectivity index is 2.14. The van der Waals surface area contributed by atoms with Gasteiger partial charge in [-0.1, -0.05) is 25.1 Å². The van der Waals surface area contributed by atoms with Crippen LogP contribution >= 0.6 is 0 Å². The third-order valence-corrected chi connectivity index (χ3v) is 3.32. The summed E-state index contributed by atoms with van der Waals surface area (Å²) in [6.07, 6.45) is 0.703. The van der Waals surface area contributed by atoms with E-state index in [0.29, 0.717) is 12.2 Å². The van der Waals surface area contributed by atoms with Gasteiger partial charge in [-0.25, -0.2) is 0 Å². The van der Waals surface area contributed by atoms with Gasteiger partial charge in [-0.2, -0.15) is 0 Å². The van der Waals surface area contributed by atoms with Gasteiger partial charge in [-0.05, 0) is 25.5 Å². The average Bonchev–Trinajstić information content (AvgIpc) is 2.87. The minimum Gasteiger partial charge on any atom is -0.460 e. The molecule has 4 nitrogen and oxygen atoms in total. The number of carbonyl (C=O) groups excluding carboxylic acids is 1. The van der Waals surface area contributed by atoms with E-state index in [1.807, 2.05) is 37.3 Å². The summed E-state index contributed by atoms with van der Waals surface area (Å²) in [7, 11) is 0. The number of nitrogens with one attached hydrogen (secondary N) is 1. The molecule has 1 heterocycles. The number of amides is 1. The molecule has 0 aliphatic carbocycles. The van der Waals surface area contributed by atoms with Crippen molar-refractivity contribution in [1.29, 1.82) is 0 Å². The summed E-state index contributed by atoms with van der Waals surface area (Å²) in [6, 6.07) is 9.37. The van der Waals surface area contributed by atoms with Gasteiger partial charge in [0.25, 0.3) is 0 Å². The maximum atomic E-state index is 12.1. The van der Waals surface area contributed by atoms with Gasteiger partial charge in [-0.3, -0.25) is 4.79 Å². The Bertz CT molecular complexity index is 524. The largest absolute Gasteiger partial charge is 0.460 e. The highest BCUT2D eigenvalue weighted by atomic mass is 16.3. The fourth-order valence-electron chi connectivity index (χ4n) is 1.95. The average molecular weight is 261 g/mol. The first-order valence-electron chi connectivity index (χ1n) is 6.55. The van der Waals surface area contributed by atoms with Crippen molar-refractivity contribution in [2.24, 2.45) is 0 Å². The number of carbonyl (C=O) groups is 1. The predicted molar refractivity (Wildman–Crippen MR) is 73.9 cm³/mol. The summed E-state index contributed by atoms with van der Waals surface area (Å²) in [6.45, 7) is 3.68. The van der Waals surface area contributed by atoms with Gasteiger partial charge in [0.15, 0.2) is 0 Å². The van der Waals surface area contributed by atoms with Crippen LogP contribution in [0.4, 0.5) is 0 Å². The number of benzene rings is 1. The van der Waals surface area contributed by atoms with Gasteiger partial charge in [0.2, 0.25) is 5.91 Å². The first kappa shape index (κ1) is 13.6. The van der Waals surface area contributed by atoms with Crippen LogP contribution in [0.1, 0.15) is 31.9 Å². The van der Waals surface area contributed by atoms with E-state index < -0.39 is 0 Å². The van der Waals surface area contributed by atoms with Gasteiger partial charge in [0, 0.05) is 5.39 Å². The third-order valence-electron chi connectivity index (χ3n) is 3.32. The zero-order chi connectivity index (χ0) is 13.8. The molecule has 2 N–H and O–H groups in total. The van der Waals surface area contributed by atoms with Crippen molar-refractivity contribution >= 4 is 16.9 Å². The molecule has 19 heavy (non-hydrogen) atoms. The number of rotatable bonds is 5. The number of hydrogen-bond acceptors (Lipinski definition) is 3. The molecule has 2 rings (SSSR count). The monoisotopic (exact) mass is 261 g/mol. The first-order chi connectivity index (χ1) is 9.15. The Labute approximate surface area is 112 Å². The molecule has 1 aromatic heterocycles. The van der Waals surface area contributed by atoms with Crippen molar-refractivity contribution < 1.29 is 14.3 Å². The molecule has 1 aromatic carbocycles. The lowest BCUT2D eigenvalue weighted by Crippen LogP contribution is -2.39. The molecule has 1 amide bonds. The maximum absolute atomic E-state index is 12.1. The second kappa shape index (κ2) is 5.89. The molecule has 2 unspecified atom stereocenters. The van der Waals surface area contributed by atoms with Gasteiger partial charge >= 0.3 is 0 Å². The molecule has 0 saturated heterocycles. The van der Waals surface area contributed by atoms with Crippen LogP contribution in [0.25, 0.3) is 11.0 Å². The molecule has 0 radical (unpaired) electrons.